The molecule has 0 spiro atoms. The van der Waals surface area contributed by atoms with E-state index in [0.717, 1.165) is 39.0 Å². The van der Waals surface area contributed by atoms with Crippen molar-refractivity contribution >= 4 is 27.6 Å². The van der Waals surface area contributed by atoms with Crippen LogP contribution in [0.3, 0.4) is 0 Å². The monoisotopic (exact) mass is 386 g/mol. The van der Waals surface area contributed by atoms with E-state index in [1.165, 1.54) is 0 Å². The van der Waals surface area contributed by atoms with Gasteiger partial charge in [0, 0.05) is 28.1 Å². The highest BCUT2D eigenvalue weighted by Gasteiger charge is 2.42. The highest BCUT2D eigenvalue weighted by molar-refractivity contribution is 9.10. The van der Waals surface area contributed by atoms with E-state index in [1.807, 2.05) is 19.1 Å². The number of allylic oxidation sites excluding steroid dienone is 2. The van der Waals surface area contributed by atoms with Gasteiger partial charge in [-0.15, -0.1) is 0 Å². The van der Waals surface area contributed by atoms with Crippen LogP contribution in [0.4, 0.5) is 5.88 Å². The first-order valence-electron chi connectivity index (χ1n) is 8.11. The maximum absolute atomic E-state index is 13.0. The molecule has 0 amide bonds. The summed E-state index contributed by atoms with van der Waals surface area (Å²) in [6.45, 7) is 6.19. The van der Waals surface area contributed by atoms with Gasteiger partial charge in [-0.05, 0) is 36.5 Å². The van der Waals surface area contributed by atoms with Crippen molar-refractivity contribution in [2.45, 2.75) is 39.5 Å². The first-order valence-corrected chi connectivity index (χ1v) is 8.90. The maximum atomic E-state index is 13.0. The van der Waals surface area contributed by atoms with E-state index in [0.29, 0.717) is 12.3 Å². The van der Waals surface area contributed by atoms with Crippen LogP contribution in [0.15, 0.2) is 44.5 Å². The molecule has 5 heteroatoms. The van der Waals surface area contributed by atoms with Gasteiger partial charge in [0.25, 0.3) is 0 Å². The van der Waals surface area contributed by atoms with Gasteiger partial charge >= 0.3 is 0 Å². The molecule has 0 saturated carbocycles. The Morgan fingerprint density at radius 3 is 2.88 bits per heavy atom. The lowest BCUT2D eigenvalue weighted by Crippen LogP contribution is -2.33. The molecule has 2 aliphatic rings. The Morgan fingerprint density at radius 2 is 2.12 bits per heavy atom. The van der Waals surface area contributed by atoms with Crippen molar-refractivity contribution < 1.29 is 9.32 Å². The molecule has 1 aromatic carbocycles. The third-order valence-corrected chi connectivity index (χ3v) is 5.35. The zero-order valence-corrected chi connectivity index (χ0v) is 15.5. The average Bonchev–Trinajstić information content (AvgIpc) is 2.85. The molecule has 1 N–H and O–H groups in total. The number of aryl methyl sites for hydroxylation is 1. The van der Waals surface area contributed by atoms with Crippen molar-refractivity contribution in [1.82, 2.24) is 5.16 Å². The van der Waals surface area contributed by atoms with Gasteiger partial charge in [0.15, 0.2) is 5.78 Å². The van der Waals surface area contributed by atoms with E-state index in [-0.39, 0.29) is 17.1 Å². The summed E-state index contributed by atoms with van der Waals surface area (Å²) in [5.41, 5.74) is 4.68. The minimum atomic E-state index is -0.122. The van der Waals surface area contributed by atoms with Crippen molar-refractivity contribution in [1.29, 1.82) is 0 Å². The number of rotatable bonds is 1. The number of carbonyl (C=O) groups excluding carboxylic acids is 1. The van der Waals surface area contributed by atoms with Crippen LogP contribution >= 0.6 is 15.9 Å². The Morgan fingerprint density at radius 1 is 1.33 bits per heavy atom. The smallest absolute Gasteiger partial charge is 0.233 e. The molecule has 4 rings (SSSR count). The van der Waals surface area contributed by atoms with Gasteiger partial charge in [-0.25, -0.2) is 0 Å². The molecular formula is C19H19BrN2O2. The fraction of sp³-hybridized carbons (Fsp3) is 0.368. The second-order valence-electron chi connectivity index (χ2n) is 7.46. The van der Waals surface area contributed by atoms with Gasteiger partial charge in [0.2, 0.25) is 5.88 Å². The molecule has 1 aromatic heterocycles. The number of aromatic nitrogens is 1. The van der Waals surface area contributed by atoms with E-state index in [1.54, 1.807) is 0 Å². The van der Waals surface area contributed by atoms with Crippen LogP contribution in [-0.2, 0) is 4.79 Å². The summed E-state index contributed by atoms with van der Waals surface area (Å²) in [7, 11) is 0. The maximum Gasteiger partial charge on any atom is 0.233 e. The molecule has 2 aromatic rings. The molecule has 24 heavy (non-hydrogen) atoms. The minimum Gasteiger partial charge on any atom is -0.338 e. The molecule has 0 saturated heterocycles. The second-order valence-corrected chi connectivity index (χ2v) is 8.37. The summed E-state index contributed by atoms with van der Waals surface area (Å²) in [4.78, 5) is 13.0. The molecular weight excluding hydrogens is 368 g/mol. The second kappa shape index (κ2) is 5.31. The predicted octanol–water partition coefficient (Wildman–Crippen LogP) is 4.95. The van der Waals surface area contributed by atoms with Crippen molar-refractivity contribution in [3.05, 3.63) is 56.8 Å². The minimum absolute atomic E-state index is 0.0443. The molecule has 2 heterocycles. The largest absolute Gasteiger partial charge is 0.338 e. The normalized spacial score (nSPS) is 22.0. The Bertz CT molecular complexity index is 879. The Hall–Kier alpha value is -1.88. The number of nitrogens with one attached hydrogen (secondary N) is 1. The fourth-order valence-corrected chi connectivity index (χ4v) is 4.31. The Labute approximate surface area is 149 Å². The molecule has 0 unspecified atom stereocenters. The Balaban J connectivity index is 1.95. The van der Waals surface area contributed by atoms with Crippen molar-refractivity contribution in [2.24, 2.45) is 5.41 Å². The van der Waals surface area contributed by atoms with Crippen LogP contribution in [0.2, 0.25) is 0 Å². The summed E-state index contributed by atoms with van der Waals surface area (Å²) < 4.78 is 6.50. The first-order chi connectivity index (χ1) is 11.4. The molecule has 0 radical (unpaired) electrons. The van der Waals surface area contributed by atoms with E-state index in [9.17, 15) is 4.79 Å². The van der Waals surface area contributed by atoms with Crippen LogP contribution < -0.4 is 5.32 Å². The topological polar surface area (TPSA) is 55.1 Å². The molecule has 1 atom stereocenters. The van der Waals surface area contributed by atoms with Crippen molar-refractivity contribution in [2.75, 3.05) is 5.32 Å². The SMILES string of the molecule is Cc1noc2c1[C@@H](c1cccc(Br)c1)C1=C(CC(C)(C)CC1=O)N2. The predicted molar refractivity (Wildman–Crippen MR) is 95.9 cm³/mol. The lowest BCUT2D eigenvalue weighted by molar-refractivity contribution is -0.118. The molecule has 4 nitrogen and oxygen atoms in total. The fourth-order valence-electron chi connectivity index (χ4n) is 3.89. The van der Waals surface area contributed by atoms with E-state index in [4.69, 9.17) is 4.52 Å². The van der Waals surface area contributed by atoms with Gasteiger partial charge in [-0.2, -0.15) is 0 Å². The zero-order valence-electron chi connectivity index (χ0n) is 13.9. The van der Waals surface area contributed by atoms with Crippen LogP contribution in [0, 0.1) is 12.3 Å². The number of hydrogen-bond donors (Lipinski definition) is 1. The number of nitrogens with zero attached hydrogens (tertiary/aromatic N) is 1. The number of benzene rings is 1. The lowest BCUT2D eigenvalue weighted by Gasteiger charge is -2.37. The molecule has 0 fully saturated rings. The average molecular weight is 387 g/mol. The van der Waals surface area contributed by atoms with Gasteiger partial charge in [0.1, 0.15) is 0 Å². The summed E-state index contributed by atoms with van der Waals surface area (Å²) >= 11 is 3.54. The summed E-state index contributed by atoms with van der Waals surface area (Å²) in [6.07, 6.45) is 1.40. The third kappa shape index (κ3) is 2.42. The number of fused-ring (bicyclic) bond motifs is 1. The zero-order chi connectivity index (χ0) is 17.1. The van der Waals surface area contributed by atoms with Gasteiger partial charge in [-0.1, -0.05) is 47.1 Å². The first kappa shape index (κ1) is 15.6. The molecule has 124 valence electrons. The number of carbonyl (C=O) groups is 1. The summed E-state index contributed by atoms with van der Waals surface area (Å²) in [6, 6.07) is 8.13. The highest BCUT2D eigenvalue weighted by Crippen LogP contribution is 2.50. The number of hydrogen-bond acceptors (Lipinski definition) is 4. The van der Waals surface area contributed by atoms with Crippen LogP contribution in [-0.4, -0.2) is 10.9 Å². The number of ketones is 1. The van der Waals surface area contributed by atoms with E-state index >= 15 is 0 Å². The van der Waals surface area contributed by atoms with Crippen LogP contribution in [0.1, 0.15) is 49.4 Å². The number of anilines is 1. The van der Waals surface area contributed by atoms with Gasteiger partial charge in [-0.3, -0.25) is 4.79 Å². The summed E-state index contributed by atoms with van der Waals surface area (Å²) in [5, 5.41) is 7.47. The van der Waals surface area contributed by atoms with E-state index < -0.39 is 0 Å². The number of Topliss-reactive ketones (excluding diaryl/α,β-unsaturated/α-hetero) is 1. The third-order valence-electron chi connectivity index (χ3n) is 4.85. The molecule has 1 aliphatic carbocycles. The van der Waals surface area contributed by atoms with Crippen molar-refractivity contribution in [3.8, 4) is 0 Å². The van der Waals surface area contributed by atoms with Gasteiger partial charge < -0.3 is 9.84 Å². The van der Waals surface area contributed by atoms with E-state index in [2.05, 4.69) is 52.4 Å². The lowest BCUT2D eigenvalue weighted by atomic mass is 9.69. The van der Waals surface area contributed by atoms with Crippen LogP contribution in [0.5, 0.6) is 0 Å². The standard InChI is InChI=1S/C19H19BrN2O2/c1-10-15-16(11-5-4-6-12(20)7-11)17-13(21-18(15)24-22-10)8-19(2,3)9-14(17)23/h4-7,16,21H,8-9H2,1-3H3/t16-/m1/s1. The molecule has 0 bridgehead atoms. The highest BCUT2D eigenvalue weighted by atomic mass is 79.9. The number of halogens is 1. The summed E-state index contributed by atoms with van der Waals surface area (Å²) in [5.74, 6) is 0.760. The molecule has 1 aliphatic heterocycles. The van der Waals surface area contributed by atoms with Crippen molar-refractivity contribution in [3.63, 3.8) is 0 Å². The van der Waals surface area contributed by atoms with Gasteiger partial charge in [0.05, 0.1) is 11.3 Å². The van der Waals surface area contributed by atoms with Crippen LogP contribution in [0.25, 0.3) is 0 Å². The quantitative estimate of drug-likeness (QED) is 0.753. The Kier molecular flexibility index (Phi) is 3.46.